The molecule has 0 bridgehead atoms. The summed E-state index contributed by atoms with van der Waals surface area (Å²) in [5, 5.41) is 0. The third kappa shape index (κ3) is 18.2. The van der Waals surface area contributed by atoms with E-state index in [9.17, 15) is 4.79 Å². The van der Waals surface area contributed by atoms with Crippen LogP contribution in [0.5, 0.6) is 0 Å². The molecule has 0 aromatic rings. The lowest BCUT2D eigenvalue weighted by Gasteiger charge is -1.96. The van der Waals surface area contributed by atoms with Crippen LogP contribution in [0.1, 0.15) is 61.3 Å². The van der Waals surface area contributed by atoms with E-state index >= 15 is 0 Å². The molecule has 0 aliphatic carbocycles. The second kappa shape index (κ2) is 18.4. The van der Waals surface area contributed by atoms with Crippen LogP contribution in [0.2, 0.25) is 0 Å². The first kappa shape index (κ1) is 29.9. The Morgan fingerprint density at radius 3 is 1.58 bits per heavy atom. The van der Waals surface area contributed by atoms with Crippen molar-refractivity contribution in [2.75, 3.05) is 7.11 Å². The highest BCUT2D eigenvalue weighted by molar-refractivity contribution is 5.87. The fraction of sp³-hybridized carbons (Fsp3) is 0.323. The molecule has 0 aromatic heterocycles. The van der Waals surface area contributed by atoms with Gasteiger partial charge in [-0.3, -0.25) is 0 Å². The molecule has 0 radical (unpaired) electrons. The first-order valence-electron chi connectivity index (χ1n) is 11.4. The van der Waals surface area contributed by atoms with Gasteiger partial charge in [0.1, 0.15) is 0 Å². The van der Waals surface area contributed by atoms with Gasteiger partial charge in [-0.25, -0.2) is 4.79 Å². The zero-order valence-corrected chi connectivity index (χ0v) is 21.8. The number of methoxy groups -OCH3 is 1. The molecular weight excluding hydrogens is 404 g/mol. The topological polar surface area (TPSA) is 26.3 Å². The largest absolute Gasteiger partial charge is 0.466 e. The molecule has 0 rings (SSSR count). The molecule has 0 unspecified atom stereocenters. The van der Waals surface area contributed by atoms with Gasteiger partial charge in [0.2, 0.25) is 0 Å². The van der Waals surface area contributed by atoms with Crippen LogP contribution in [0.3, 0.4) is 0 Å². The standard InChI is InChI=1S/C31H42O2/c1-25(2)15-11-18-28(5)20-13-22-29(6)21-12-19-26(3)16-9-10-17-27(4)23-14-24-30(7)31(32)33-8/h9-10,12-17,19-24H,11,18H2,1-8H3. The van der Waals surface area contributed by atoms with Crippen LogP contribution in [0, 0.1) is 0 Å². The van der Waals surface area contributed by atoms with Gasteiger partial charge in [0, 0.05) is 5.57 Å². The van der Waals surface area contributed by atoms with E-state index in [0.717, 1.165) is 18.4 Å². The second-order valence-corrected chi connectivity index (χ2v) is 8.37. The van der Waals surface area contributed by atoms with E-state index in [0.29, 0.717) is 5.57 Å². The summed E-state index contributed by atoms with van der Waals surface area (Å²) < 4.78 is 4.67. The van der Waals surface area contributed by atoms with Gasteiger partial charge >= 0.3 is 5.97 Å². The maximum absolute atomic E-state index is 11.3. The van der Waals surface area contributed by atoms with Crippen molar-refractivity contribution in [2.45, 2.75) is 61.3 Å². The first-order valence-corrected chi connectivity index (χ1v) is 11.4. The van der Waals surface area contributed by atoms with Crippen molar-refractivity contribution in [1.29, 1.82) is 0 Å². The molecule has 0 aromatic carbocycles. The van der Waals surface area contributed by atoms with E-state index in [-0.39, 0.29) is 5.97 Å². The normalized spacial score (nSPS) is 14.8. The molecule has 0 heterocycles. The summed E-state index contributed by atoms with van der Waals surface area (Å²) in [4.78, 5) is 11.3. The third-order valence-electron chi connectivity index (χ3n) is 4.59. The van der Waals surface area contributed by atoms with E-state index in [1.54, 1.807) is 13.0 Å². The van der Waals surface area contributed by atoms with Gasteiger partial charge in [-0.05, 0) is 61.3 Å². The Hall–Kier alpha value is -3.13. The molecule has 2 heteroatoms. The highest BCUT2D eigenvalue weighted by atomic mass is 16.5. The van der Waals surface area contributed by atoms with Crippen molar-refractivity contribution in [1.82, 2.24) is 0 Å². The molecule has 0 fully saturated rings. The van der Waals surface area contributed by atoms with Gasteiger partial charge in [-0.2, -0.15) is 0 Å². The number of carbonyl (C=O) groups is 1. The minimum atomic E-state index is -0.312. The van der Waals surface area contributed by atoms with Crippen LogP contribution in [0.4, 0.5) is 0 Å². The lowest BCUT2D eigenvalue weighted by atomic mass is 10.1. The summed E-state index contributed by atoms with van der Waals surface area (Å²) in [7, 11) is 1.38. The fourth-order valence-electron chi connectivity index (χ4n) is 2.54. The van der Waals surface area contributed by atoms with Crippen LogP contribution in [0.25, 0.3) is 0 Å². The van der Waals surface area contributed by atoms with Crippen molar-refractivity contribution >= 4 is 5.97 Å². The van der Waals surface area contributed by atoms with Gasteiger partial charge in [0.05, 0.1) is 7.11 Å². The predicted molar refractivity (Wildman–Crippen MR) is 146 cm³/mol. The highest BCUT2D eigenvalue weighted by Crippen LogP contribution is 2.07. The average Bonchev–Trinajstić information content (AvgIpc) is 2.75. The Bertz CT molecular complexity index is 916. The van der Waals surface area contributed by atoms with E-state index in [4.69, 9.17) is 0 Å². The van der Waals surface area contributed by atoms with Crippen LogP contribution in [-0.4, -0.2) is 13.1 Å². The molecule has 0 aliphatic rings. The number of rotatable bonds is 12. The average molecular weight is 447 g/mol. The van der Waals surface area contributed by atoms with Crippen LogP contribution >= 0.6 is 0 Å². The van der Waals surface area contributed by atoms with Crippen molar-refractivity contribution in [3.05, 3.63) is 119 Å². The molecular formula is C31H42O2. The SMILES string of the molecule is COC(=O)C(C)=CC=CC(C)=CC=CC=C(C)C=CC=C(C)C=CC=C(C)CCC=C(C)C. The number of esters is 1. The summed E-state index contributed by atoms with van der Waals surface area (Å²) in [6.45, 7) is 14.4. The first-order chi connectivity index (χ1) is 15.6. The lowest BCUT2D eigenvalue weighted by molar-refractivity contribution is -0.136. The predicted octanol–water partition coefficient (Wildman–Crippen LogP) is 8.86. The minimum absolute atomic E-state index is 0.312. The molecule has 0 N–H and O–H groups in total. The summed E-state index contributed by atoms with van der Waals surface area (Å²) in [6, 6.07) is 0. The summed E-state index contributed by atoms with van der Waals surface area (Å²) in [6.07, 6.45) is 30.9. The Balaban J connectivity index is 4.67. The molecule has 33 heavy (non-hydrogen) atoms. The molecule has 2 nitrogen and oxygen atoms in total. The van der Waals surface area contributed by atoms with Crippen LogP contribution in [0.15, 0.2) is 119 Å². The molecule has 0 saturated heterocycles. The molecule has 0 atom stereocenters. The molecule has 0 spiro atoms. The minimum Gasteiger partial charge on any atom is -0.466 e. The van der Waals surface area contributed by atoms with Gasteiger partial charge in [-0.15, -0.1) is 0 Å². The van der Waals surface area contributed by atoms with Crippen molar-refractivity contribution < 1.29 is 9.53 Å². The highest BCUT2D eigenvalue weighted by Gasteiger charge is 1.99. The number of carbonyl (C=O) groups excluding carboxylic acids is 1. The van der Waals surface area contributed by atoms with Crippen molar-refractivity contribution in [3.63, 3.8) is 0 Å². The van der Waals surface area contributed by atoms with E-state index in [2.05, 4.69) is 88.0 Å². The van der Waals surface area contributed by atoms with Crippen molar-refractivity contribution in [2.24, 2.45) is 0 Å². The lowest BCUT2D eigenvalue weighted by Crippen LogP contribution is -2.00. The monoisotopic (exact) mass is 446 g/mol. The second-order valence-electron chi connectivity index (χ2n) is 8.37. The number of allylic oxidation sites excluding steroid dienone is 19. The zero-order chi connectivity index (χ0) is 25.1. The molecule has 0 amide bonds. The molecule has 0 aliphatic heterocycles. The summed E-state index contributed by atoms with van der Waals surface area (Å²) >= 11 is 0. The molecule has 0 saturated carbocycles. The van der Waals surface area contributed by atoms with E-state index < -0.39 is 0 Å². The number of hydrogen-bond acceptors (Lipinski definition) is 2. The van der Waals surface area contributed by atoms with Crippen LogP contribution in [-0.2, 0) is 9.53 Å². The fourth-order valence-corrected chi connectivity index (χ4v) is 2.54. The Morgan fingerprint density at radius 2 is 1.09 bits per heavy atom. The van der Waals surface area contributed by atoms with E-state index in [1.165, 1.54) is 29.4 Å². The maximum atomic E-state index is 11.3. The Labute approximate surface area is 202 Å². The van der Waals surface area contributed by atoms with Gasteiger partial charge in [0.15, 0.2) is 0 Å². The summed E-state index contributed by atoms with van der Waals surface area (Å²) in [5.41, 5.74) is 6.82. The van der Waals surface area contributed by atoms with Gasteiger partial charge < -0.3 is 4.74 Å². The van der Waals surface area contributed by atoms with E-state index in [1.807, 2.05) is 37.3 Å². The van der Waals surface area contributed by atoms with Crippen molar-refractivity contribution in [3.8, 4) is 0 Å². The Morgan fingerprint density at radius 1 is 0.636 bits per heavy atom. The third-order valence-corrected chi connectivity index (χ3v) is 4.59. The smallest absolute Gasteiger partial charge is 0.333 e. The zero-order valence-electron chi connectivity index (χ0n) is 21.8. The van der Waals surface area contributed by atoms with Gasteiger partial charge in [0.25, 0.3) is 0 Å². The molecule has 178 valence electrons. The Kier molecular flexibility index (Phi) is 16.7. The summed E-state index contributed by atoms with van der Waals surface area (Å²) in [5.74, 6) is -0.312. The number of hydrogen-bond donors (Lipinski definition) is 0. The van der Waals surface area contributed by atoms with Crippen LogP contribution < -0.4 is 0 Å². The van der Waals surface area contributed by atoms with Gasteiger partial charge in [-0.1, -0.05) is 113 Å². The maximum Gasteiger partial charge on any atom is 0.333 e. The quantitative estimate of drug-likeness (QED) is 0.129. The number of ether oxygens (including phenoxy) is 1.